The van der Waals surface area contributed by atoms with Gasteiger partial charge < -0.3 is 14.5 Å². The lowest BCUT2D eigenvalue weighted by atomic mass is 10.1. The molecule has 1 aliphatic rings. The van der Waals surface area contributed by atoms with Crippen LogP contribution in [0.15, 0.2) is 36.7 Å². The highest BCUT2D eigenvalue weighted by Gasteiger charge is 2.26. The van der Waals surface area contributed by atoms with Crippen molar-refractivity contribution in [3.8, 4) is 5.88 Å². The van der Waals surface area contributed by atoms with Gasteiger partial charge in [-0.05, 0) is 37.0 Å². The average molecular weight is 389 g/mol. The van der Waals surface area contributed by atoms with Crippen molar-refractivity contribution in [2.45, 2.75) is 31.8 Å². The third kappa shape index (κ3) is 5.32. The molecule has 1 amide bonds. The minimum absolute atomic E-state index is 0.0655. The smallest absolute Gasteiger partial charge is 0.257 e. The van der Waals surface area contributed by atoms with E-state index in [2.05, 4.69) is 9.97 Å². The van der Waals surface area contributed by atoms with Gasteiger partial charge in [-0.3, -0.25) is 4.79 Å². The van der Waals surface area contributed by atoms with Crippen LogP contribution in [0.25, 0.3) is 0 Å². The summed E-state index contributed by atoms with van der Waals surface area (Å²) in [6.45, 7) is 1.35. The Morgan fingerprint density at radius 1 is 1.33 bits per heavy atom. The number of ether oxygens (including phenoxy) is 1. The van der Waals surface area contributed by atoms with Crippen LogP contribution in [-0.4, -0.2) is 54.1 Å². The normalized spacial score (nSPS) is 16.9. The second-order valence-electron chi connectivity index (χ2n) is 6.93. The van der Waals surface area contributed by atoms with Crippen LogP contribution in [0.5, 0.6) is 5.88 Å². The molecule has 0 N–H and O–H groups in total. The van der Waals surface area contributed by atoms with Crippen molar-refractivity contribution in [3.05, 3.63) is 47.2 Å². The molecule has 0 spiro atoms. The van der Waals surface area contributed by atoms with Crippen LogP contribution in [0, 0.1) is 0 Å². The standard InChI is InChI=1S/C20H25ClN4O2/c1-24(2)19-20(23-11-10-22-19)27-17-7-4-12-25(14-17)18(26)9-8-15-5-3-6-16(21)13-15/h3,5-6,10-11,13,17H,4,7-9,12,14H2,1-2H3. The lowest BCUT2D eigenvalue weighted by molar-refractivity contribution is -0.133. The molecule has 144 valence electrons. The summed E-state index contributed by atoms with van der Waals surface area (Å²) in [7, 11) is 3.81. The molecule has 1 aliphatic heterocycles. The second-order valence-corrected chi connectivity index (χ2v) is 7.37. The van der Waals surface area contributed by atoms with Gasteiger partial charge in [-0.15, -0.1) is 0 Å². The number of anilines is 1. The number of amides is 1. The molecule has 0 saturated carbocycles. The van der Waals surface area contributed by atoms with Crippen LogP contribution in [0.3, 0.4) is 0 Å². The van der Waals surface area contributed by atoms with Crippen LogP contribution in [0.1, 0.15) is 24.8 Å². The molecule has 1 fully saturated rings. The third-order valence-electron chi connectivity index (χ3n) is 4.60. The largest absolute Gasteiger partial charge is 0.470 e. The van der Waals surface area contributed by atoms with E-state index in [-0.39, 0.29) is 12.0 Å². The number of carbonyl (C=O) groups is 1. The zero-order valence-electron chi connectivity index (χ0n) is 15.8. The Morgan fingerprint density at radius 2 is 2.15 bits per heavy atom. The monoisotopic (exact) mass is 388 g/mol. The van der Waals surface area contributed by atoms with Gasteiger partial charge in [0.05, 0.1) is 6.54 Å². The number of nitrogens with zero attached hydrogens (tertiary/aromatic N) is 4. The molecule has 1 unspecified atom stereocenters. The molecule has 7 heteroatoms. The van der Waals surface area contributed by atoms with Crippen molar-refractivity contribution in [3.63, 3.8) is 0 Å². The van der Waals surface area contributed by atoms with E-state index >= 15 is 0 Å². The highest BCUT2D eigenvalue weighted by molar-refractivity contribution is 6.30. The Hall–Kier alpha value is -2.34. The average Bonchev–Trinajstić information content (AvgIpc) is 2.66. The molecule has 1 aromatic heterocycles. The first-order chi connectivity index (χ1) is 13.0. The molecule has 2 aromatic rings. The van der Waals surface area contributed by atoms with Gasteiger partial charge in [-0.1, -0.05) is 23.7 Å². The Morgan fingerprint density at radius 3 is 2.93 bits per heavy atom. The van der Waals surface area contributed by atoms with Gasteiger partial charge in [0.1, 0.15) is 6.10 Å². The maximum Gasteiger partial charge on any atom is 0.257 e. The van der Waals surface area contributed by atoms with E-state index in [1.807, 2.05) is 48.2 Å². The summed E-state index contributed by atoms with van der Waals surface area (Å²) < 4.78 is 6.08. The molecule has 1 atom stereocenters. The summed E-state index contributed by atoms with van der Waals surface area (Å²) in [6, 6.07) is 7.66. The van der Waals surface area contributed by atoms with Crippen LogP contribution in [0.2, 0.25) is 5.02 Å². The summed E-state index contributed by atoms with van der Waals surface area (Å²) >= 11 is 6.01. The molecule has 0 bridgehead atoms. The maximum atomic E-state index is 12.6. The molecule has 0 aliphatic carbocycles. The topological polar surface area (TPSA) is 58.6 Å². The van der Waals surface area contributed by atoms with Gasteiger partial charge in [-0.2, -0.15) is 0 Å². The number of halogens is 1. The number of aromatic nitrogens is 2. The van der Waals surface area contributed by atoms with E-state index in [9.17, 15) is 4.79 Å². The van der Waals surface area contributed by atoms with E-state index in [0.29, 0.717) is 36.1 Å². The van der Waals surface area contributed by atoms with Gasteiger partial charge in [0, 0.05) is 44.5 Å². The van der Waals surface area contributed by atoms with E-state index < -0.39 is 0 Å². The number of hydrogen-bond acceptors (Lipinski definition) is 5. The van der Waals surface area contributed by atoms with Crippen molar-refractivity contribution < 1.29 is 9.53 Å². The Bertz CT molecular complexity index is 784. The fraction of sp³-hybridized carbons (Fsp3) is 0.450. The number of aryl methyl sites for hydroxylation is 1. The van der Waals surface area contributed by atoms with Gasteiger partial charge in [-0.25, -0.2) is 9.97 Å². The summed E-state index contributed by atoms with van der Waals surface area (Å²) in [4.78, 5) is 25.0. The van der Waals surface area contributed by atoms with Crippen molar-refractivity contribution in [1.82, 2.24) is 14.9 Å². The van der Waals surface area contributed by atoms with E-state index in [1.54, 1.807) is 12.4 Å². The van der Waals surface area contributed by atoms with Crippen molar-refractivity contribution in [1.29, 1.82) is 0 Å². The Kier molecular flexibility index (Phi) is 6.50. The van der Waals surface area contributed by atoms with Gasteiger partial charge in [0.25, 0.3) is 5.88 Å². The number of carbonyl (C=O) groups excluding carboxylic acids is 1. The zero-order valence-corrected chi connectivity index (χ0v) is 16.5. The Labute approximate surface area is 165 Å². The molecular formula is C20H25ClN4O2. The minimum Gasteiger partial charge on any atom is -0.470 e. The molecule has 0 radical (unpaired) electrons. The third-order valence-corrected chi connectivity index (χ3v) is 4.83. The summed E-state index contributed by atoms with van der Waals surface area (Å²) in [5.74, 6) is 1.36. The molecule has 1 aromatic carbocycles. The number of rotatable bonds is 6. The highest BCUT2D eigenvalue weighted by Crippen LogP contribution is 2.24. The lowest BCUT2D eigenvalue weighted by Crippen LogP contribution is -2.44. The molecule has 27 heavy (non-hydrogen) atoms. The summed E-state index contributed by atoms with van der Waals surface area (Å²) in [5, 5.41) is 0.701. The van der Waals surface area contributed by atoms with Crippen LogP contribution < -0.4 is 9.64 Å². The van der Waals surface area contributed by atoms with Crippen LogP contribution in [-0.2, 0) is 11.2 Å². The zero-order chi connectivity index (χ0) is 19.2. The first-order valence-corrected chi connectivity index (χ1v) is 9.58. The number of hydrogen-bond donors (Lipinski definition) is 0. The minimum atomic E-state index is -0.0655. The fourth-order valence-corrected chi connectivity index (χ4v) is 3.44. The van der Waals surface area contributed by atoms with Crippen molar-refractivity contribution in [2.75, 3.05) is 32.1 Å². The quantitative estimate of drug-likeness (QED) is 0.760. The summed E-state index contributed by atoms with van der Waals surface area (Å²) in [6.07, 6.45) is 6.20. The number of likely N-dealkylation sites (tertiary alicyclic amines) is 1. The first-order valence-electron chi connectivity index (χ1n) is 9.20. The predicted molar refractivity (Wildman–Crippen MR) is 106 cm³/mol. The molecular weight excluding hydrogens is 364 g/mol. The predicted octanol–water partition coefficient (Wildman–Crippen LogP) is 3.20. The van der Waals surface area contributed by atoms with Gasteiger partial charge >= 0.3 is 0 Å². The molecule has 6 nitrogen and oxygen atoms in total. The maximum absolute atomic E-state index is 12.6. The highest BCUT2D eigenvalue weighted by atomic mass is 35.5. The first kappa shape index (κ1) is 19.4. The van der Waals surface area contributed by atoms with Crippen LogP contribution in [0.4, 0.5) is 5.82 Å². The van der Waals surface area contributed by atoms with Gasteiger partial charge in [0.2, 0.25) is 5.91 Å². The fourth-order valence-electron chi connectivity index (χ4n) is 3.23. The number of piperidine rings is 1. The lowest BCUT2D eigenvalue weighted by Gasteiger charge is -2.33. The molecule has 2 heterocycles. The SMILES string of the molecule is CN(C)c1nccnc1OC1CCCN(C(=O)CCc2cccc(Cl)c2)C1. The van der Waals surface area contributed by atoms with Crippen LogP contribution >= 0.6 is 11.6 Å². The molecule has 1 saturated heterocycles. The van der Waals surface area contributed by atoms with E-state index in [0.717, 1.165) is 24.9 Å². The van der Waals surface area contributed by atoms with E-state index in [4.69, 9.17) is 16.3 Å². The van der Waals surface area contributed by atoms with E-state index in [1.165, 1.54) is 0 Å². The van der Waals surface area contributed by atoms with Gasteiger partial charge in [0.15, 0.2) is 5.82 Å². The van der Waals surface area contributed by atoms with Crippen molar-refractivity contribution >= 4 is 23.3 Å². The van der Waals surface area contributed by atoms with Crippen molar-refractivity contribution in [2.24, 2.45) is 0 Å². The Balaban J connectivity index is 1.56. The summed E-state index contributed by atoms with van der Waals surface area (Å²) in [5.41, 5.74) is 1.08. The molecule has 3 rings (SSSR count). The number of benzene rings is 1. The second kappa shape index (κ2) is 9.04.